The number of rotatable bonds is 3. The van der Waals surface area contributed by atoms with Gasteiger partial charge in [0.2, 0.25) is 0 Å². The largest absolute Gasteiger partial charge is 0.413 e. The Morgan fingerprint density at radius 2 is 2.06 bits per heavy atom. The van der Waals surface area contributed by atoms with Crippen LogP contribution >= 0.6 is 0 Å². The monoisotopic (exact) mass is 242 g/mol. The smallest absolute Gasteiger partial charge is 0.192 e. The van der Waals surface area contributed by atoms with Crippen molar-refractivity contribution in [2.24, 2.45) is 0 Å². The molecular weight excluding hydrogens is 216 g/mol. The van der Waals surface area contributed by atoms with E-state index in [2.05, 4.69) is 33.9 Å². The second-order valence-electron chi connectivity index (χ2n) is 6.33. The molecule has 16 heavy (non-hydrogen) atoms. The molecule has 0 spiro atoms. The summed E-state index contributed by atoms with van der Waals surface area (Å²) in [4.78, 5) is 0. The molecule has 0 fully saturated rings. The van der Waals surface area contributed by atoms with Crippen LogP contribution in [-0.4, -0.2) is 26.1 Å². The molecule has 1 aliphatic carbocycles. The van der Waals surface area contributed by atoms with E-state index < -0.39 is 8.32 Å². The minimum absolute atomic E-state index is 0.244. The van der Waals surface area contributed by atoms with Gasteiger partial charge in [-0.1, -0.05) is 26.8 Å². The molecule has 0 unspecified atom stereocenters. The van der Waals surface area contributed by atoms with Crippen molar-refractivity contribution in [1.29, 1.82) is 0 Å². The molecule has 2 nitrogen and oxygen atoms in total. The summed E-state index contributed by atoms with van der Waals surface area (Å²) < 4.78 is 6.14. The van der Waals surface area contributed by atoms with Gasteiger partial charge in [0.1, 0.15) is 0 Å². The SMILES string of the molecule is CC(C)(C)[Si](C)(C)OCC1=C[C@H](O)CCC1. The Kier molecular flexibility index (Phi) is 4.38. The maximum Gasteiger partial charge on any atom is 0.192 e. The summed E-state index contributed by atoms with van der Waals surface area (Å²) in [7, 11) is -1.63. The molecule has 0 aromatic heterocycles. The van der Waals surface area contributed by atoms with Gasteiger partial charge in [0.25, 0.3) is 0 Å². The van der Waals surface area contributed by atoms with Crippen LogP contribution in [0.2, 0.25) is 18.1 Å². The van der Waals surface area contributed by atoms with Crippen LogP contribution < -0.4 is 0 Å². The Morgan fingerprint density at radius 1 is 1.44 bits per heavy atom. The van der Waals surface area contributed by atoms with Crippen LogP contribution in [0.15, 0.2) is 11.6 Å². The molecule has 94 valence electrons. The van der Waals surface area contributed by atoms with Crippen molar-refractivity contribution >= 4 is 8.32 Å². The quantitative estimate of drug-likeness (QED) is 0.606. The number of hydrogen-bond acceptors (Lipinski definition) is 2. The van der Waals surface area contributed by atoms with E-state index in [1.54, 1.807) is 0 Å². The van der Waals surface area contributed by atoms with Gasteiger partial charge in [-0.05, 0) is 43.0 Å². The van der Waals surface area contributed by atoms with Crippen LogP contribution in [0, 0.1) is 0 Å². The van der Waals surface area contributed by atoms with Crippen molar-refractivity contribution in [3.05, 3.63) is 11.6 Å². The van der Waals surface area contributed by atoms with Gasteiger partial charge in [-0.3, -0.25) is 0 Å². The van der Waals surface area contributed by atoms with Crippen LogP contribution in [0.3, 0.4) is 0 Å². The summed E-state index contributed by atoms with van der Waals surface area (Å²) >= 11 is 0. The molecule has 0 heterocycles. The zero-order valence-corrected chi connectivity index (χ0v) is 12.3. The molecule has 0 radical (unpaired) electrons. The minimum atomic E-state index is -1.63. The Morgan fingerprint density at radius 3 is 2.56 bits per heavy atom. The van der Waals surface area contributed by atoms with E-state index in [-0.39, 0.29) is 11.1 Å². The summed E-state index contributed by atoms with van der Waals surface area (Å²) in [5, 5.41) is 9.81. The van der Waals surface area contributed by atoms with Crippen molar-refractivity contribution in [2.75, 3.05) is 6.61 Å². The second kappa shape index (κ2) is 5.03. The van der Waals surface area contributed by atoms with Gasteiger partial charge in [-0.25, -0.2) is 0 Å². The third kappa shape index (κ3) is 3.72. The lowest BCUT2D eigenvalue weighted by molar-refractivity contribution is 0.197. The van der Waals surface area contributed by atoms with Gasteiger partial charge in [0, 0.05) is 0 Å². The predicted molar refractivity (Wildman–Crippen MR) is 71.1 cm³/mol. The van der Waals surface area contributed by atoms with Crippen LogP contribution in [0.5, 0.6) is 0 Å². The molecule has 0 bridgehead atoms. The van der Waals surface area contributed by atoms with Gasteiger partial charge >= 0.3 is 0 Å². The third-order valence-corrected chi connectivity index (χ3v) is 8.33. The molecule has 1 N–H and O–H groups in total. The topological polar surface area (TPSA) is 29.5 Å². The lowest BCUT2D eigenvalue weighted by atomic mass is 9.98. The van der Waals surface area contributed by atoms with E-state index in [1.807, 2.05) is 6.08 Å². The molecule has 3 heteroatoms. The van der Waals surface area contributed by atoms with Crippen LogP contribution in [0.1, 0.15) is 40.0 Å². The normalized spacial score (nSPS) is 23.1. The lowest BCUT2D eigenvalue weighted by Gasteiger charge is -2.36. The van der Waals surface area contributed by atoms with Crippen molar-refractivity contribution in [3.63, 3.8) is 0 Å². The Balaban J connectivity index is 2.51. The van der Waals surface area contributed by atoms with Gasteiger partial charge in [0.15, 0.2) is 8.32 Å². The molecule has 0 aromatic carbocycles. The minimum Gasteiger partial charge on any atom is -0.413 e. The van der Waals surface area contributed by atoms with E-state index in [4.69, 9.17) is 4.43 Å². The van der Waals surface area contributed by atoms with Gasteiger partial charge in [0.05, 0.1) is 12.7 Å². The first kappa shape index (κ1) is 13.9. The van der Waals surface area contributed by atoms with Crippen LogP contribution in [0.4, 0.5) is 0 Å². The van der Waals surface area contributed by atoms with Crippen molar-refractivity contribution in [2.45, 2.75) is 64.3 Å². The van der Waals surface area contributed by atoms with E-state index in [1.165, 1.54) is 5.57 Å². The fourth-order valence-electron chi connectivity index (χ4n) is 1.59. The first-order chi connectivity index (χ1) is 7.22. The fourth-order valence-corrected chi connectivity index (χ4v) is 2.57. The highest BCUT2D eigenvalue weighted by molar-refractivity contribution is 6.74. The van der Waals surface area contributed by atoms with Crippen molar-refractivity contribution in [1.82, 2.24) is 0 Å². The van der Waals surface area contributed by atoms with E-state index in [9.17, 15) is 5.11 Å². The second-order valence-corrected chi connectivity index (χ2v) is 11.1. The predicted octanol–water partition coefficient (Wildman–Crippen LogP) is 3.48. The molecule has 1 rings (SSSR count). The molecule has 1 aliphatic rings. The average molecular weight is 242 g/mol. The van der Waals surface area contributed by atoms with E-state index in [0.29, 0.717) is 6.61 Å². The van der Waals surface area contributed by atoms with Gasteiger partial charge < -0.3 is 9.53 Å². The molecule has 0 saturated heterocycles. The molecule has 0 saturated carbocycles. The summed E-state index contributed by atoms with van der Waals surface area (Å²) in [6.45, 7) is 12.0. The van der Waals surface area contributed by atoms with E-state index >= 15 is 0 Å². The summed E-state index contributed by atoms with van der Waals surface area (Å²) in [6.07, 6.45) is 4.83. The number of aliphatic hydroxyl groups is 1. The first-order valence-corrected chi connectivity index (χ1v) is 9.15. The molecule has 1 atom stereocenters. The Labute approximate surface area is 101 Å². The standard InChI is InChI=1S/C13H26O2Si/c1-13(2,3)16(4,5)15-10-11-7-6-8-12(14)9-11/h9,12,14H,6-8,10H2,1-5H3/t12-/m1/s1. The highest BCUT2D eigenvalue weighted by Gasteiger charge is 2.37. The highest BCUT2D eigenvalue weighted by atomic mass is 28.4. The maximum absolute atomic E-state index is 9.55. The summed E-state index contributed by atoms with van der Waals surface area (Å²) in [5.41, 5.74) is 1.28. The van der Waals surface area contributed by atoms with Crippen LogP contribution in [0.25, 0.3) is 0 Å². The number of hydrogen-bond donors (Lipinski definition) is 1. The molecular formula is C13H26O2Si. The maximum atomic E-state index is 9.55. The van der Waals surface area contributed by atoms with E-state index in [0.717, 1.165) is 19.3 Å². The van der Waals surface area contributed by atoms with Crippen LogP contribution in [-0.2, 0) is 4.43 Å². The zero-order chi connectivity index (χ0) is 12.4. The zero-order valence-electron chi connectivity index (χ0n) is 11.3. The average Bonchev–Trinajstić information content (AvgIpc) is 2.13. The number of aliphatic hydroxyl groups excluding tert-OH is 1. The Hall–Kier alpha value is -0.123. The van der Waals surface area contributed by atoms with Crippen molar-refractivity contribution < 1.29 is 9.53 Å². The van der Waals surface area contributed by atoms with Gasteiger partial charge in [-0.15, -0.1) is 0 Å². The molecule has 0 amide bonds. The fraction of sp³-hybridized carbons (Fsp3) is 0.846. The van der Waals surface area contributed by atoms with Crippen molar-refractivity contribution in [3.8, 4) is 0 Å². The third-order valence-electron chi connectivity index (χ3n) is 3.85. The molecule has 0 aliphatic heterocycles. The first-order valence-electron chi connectivity index (χ1n) is 6.24. The lowest BCUT2D eigenvalue weighted by Crippen LogP contribution is -2.41. The summed E-state index contributed by atoms with van der Waals surface area (Å²) in [6, 6.07) is 0. The van der Waals surface area contributed by atoms with Gasteiger partial charge in [-0.2, -0.15) is 0 Å². The summed E-state index contributed by atoms with van der Waals surface area (Å²) in [5.74, 6) is 0. The Bertz CT molecular complexity index is 264. The highest BCUT2D eigenvalue weighted by Crippen LogP contribution is 2.37. The molecule has 0 aromatic rings.